The number of phenolic OH excluding ortho intramolecular Hbond substituents is 2. The molecule has 4 nitrogen and oxygen atoms in total. The number of rotatable bonds is 2. The van der Waals surface area contributed by atoms with Gasteiger partial charge in [0.05, 0.1) is 6.04 Å². The van der Waals surface area contributed by atoms with Crippen molar-refractivity contribution in [2.45, 2.75) is 18.3 Å². The van der Waals surface area contributed by atoms with Crippen LogP contribution < -0.4 is 5.73 Å². The van der Waals surface area contributed by atoms with Gasteiger partial charge in [0.1, 0.15) is 0 Å². The summed E-state index contributed by atoms with van der Waals surface area (Å²) in [6.45, 7) is 0. The Hall–Kier alpha value is -1.47. The molecule has 1 aromatic rings. The van der Waals surface area contributed by atoms with Crippen LogP contribution >= 0.6 is 0 Å². The molecule has 0 fully saturated rings. The average molecular weight is 237 g/mol. The first-order chi connectivity index (χ1) is 7.23. The zero-order chi connectivity index (χ0) is 12.5. The van der Waals surface area contributed by atoms with Crippen LogP contribution in [0.25, 0.3) is 0 Å². The number of nitrogens with two attached hydrogens (primary N) is 1. The fraction of sp³-hybridized carbons (Fsp3) is 0.333. The van der Waals surface area contributed by atoms with E-state index in [0.29, 0.717) is 0 Å². The molecule has 0 aromatic heterocycles. The van der Waals surface area contributed by atoms with E-state index in [2.05, 4.69) is 0 Å². The highest BCUT2D eigenvalue weighted by Crippen LogP contribution is 2.32. The smallest absolute Gasteiger partial charge is 0.416 e. The molecular weight excluding hydrogens is 227 g/mol. The van der Waals surface area contributed by atoms with E-state index in [1.54, 1.807) is 0 Å². The SMILES string of the molecule is N[C@H](c1ccc(O)c(O)c1)[C@@H](O)C(F)(F)F. The van der Waals surface area contributed by atoms with Gasteiger partial charge in [0.15, 0.2) is 17.6 Å². The number of phenols is 2. The van der Waals surface area contributed by atoms with Crippen LogP contribution in [0, 0.1) is 0 Å². The molecule has 16 heavy (non-hydrogen) atoms. The zero-order valence-corrected chi connectivity index (χ0v) is 7.94. The molecule has 1 rings (SSSR count). The predicted octanol–water partition coefficient (Wildman–Crippen LogP) is 1.02. The molecule has 0 saturated heterocycles. The highest BCUT2D eigenvalue weighted by Gasteiger charge is 2.42. The van der Waals surface area contributed by atoms with Gasteiger partial charge < -0.3 is 21.1 Å². The first-order valence-electron chi connectivity index (χ1n) is 4.25. The van der Waals surface area contributed by atoms with Gasteiger partial charge in [0.2, 0.25) is 0 Å². The van der Waals surface area contributed by atoms with Crippen molar-refractivity contribution in [1.82, 2.24) is 0 Å². The van der Waals surface area contributed by atoms with Gasteiger partial charge in [0, 0.05) is 0 Å². The first kappa shape index (κ1) is 12.6. The van der Waals surface area contributed by atoms with Crippen molar-refractivity contribution in [2.75, 3.05) is 0 Å². The fourth-order valence-electron chi connectivity index (χ4n) is 1.13. The minimum atomic E-state index is -4.84. The third kappa shape index (κ3) is 2.56. The molecule has 0 amide bonds. The second-order valence-corrected chi connectivity index (χ2v) is 3.26. The summed E-state index contributed by atoms with van der Waals surface area (Å²) < 4.78 is 36.4. The Morgan fingerprint density at radius 2 is 1.69 bits per heavy atom. The molecule has 0 unspecified atom stereocenters. The second kappa shape index (κ2) is 4.18. The third-order valence-corrected chi connectivity index (χ3v) is 2.06. The number of hydrogen-bond acceptors (Lipinski definition) is 4. The molecule has 2 atom stereocenters. The van der Waals surface area contributed by atoms with E-state index in [-0.39, 0.29) is 5.56 Å². The molecule has 7 heteroatoms. The highest BCUT2D eigenvalue weighted by atomic mass is 19.4. The summed E-state index contributed by atoms with van der Waals surface area (Å²) in [4.78, 5) is 0. The summed E-state index contributed by atoms with van der Waals surface area (Å²) in [6.07, 6.45) is -7.57. The molecule has 0 spiro atoms. The van der Waals surface area contributed by atoms with Crippen molar-refractivity contribution in [1.29, 1.82) is 0 Å². The average Bonchev–Trinajstić information content (AvgIpc) is 2.18. The maximum atomic E-state index is 12.1. The maximum Gasteiger partial charge on any atom is 0.416 e. The lowest BCUT2D eigenvalue weighted by Crippen LogP contribution is -2.38. The lowest BCUT2D eigenvalue weighted by molar-refractivity contribution is -0.210. The quantitative estimate of drug-likeness (QED) is 0.578. The number of aliphatic hydroxyl groups is 1. The number of aliphatic hydroxyl groups excluding tert-OH is 1. The van der Waals surface area contributed by atoms with Crippen molar-refractivity contribution in [2.24, 2.45) is 5.73 Å². The first-order valence-corrected chi connectivity index (χ1v) is 4.25. The Labute approximate surface area is 88.7 Å². The van der Waals surface area contributed by atoms with Crippen LogP contribution in [0.2, 0.25) is 0 Å². The molecule has 5 N–H and O–H groups in total. The minimum Gasteiger partial charge on any atom is -0.504 e. The molecule has 0 bridgehead atoms. The van der Waals surface area contributed by atoms with Crippen LogP contribution in [0.15, 0.2) is 18.2 Å². The van der Waals surface area contributed by atoms with E-state index in [1.807, 2.05) is 0 Å². The van der Waals surface area contributed by atoms with E-state index in [9.17, 15) is 13.2 Å². The lowest BCUT2D eigenvalue weighted by atomic mass is 10.0. The molecule has 1 aromatic carbocycles. The van der Waals surface area contributed by atoms with E-state index in [1.165, 1.54) is 0 Å². The summed E-state index contributed by atoms with van der Waals surface area (Å²) in [5.74, 6) is -1.07. The number of halogens is 3. The molecule has 0 radical (unpaired) electrons. The lowest BCUT2D eigenvalue weighted by Gasteiger charge is -2.21. The number of benzene rings is 1. The molecule has 0 aliphatic heterocycles. The number of hydrogen-bond donors (Lipinski definition) is 4. The molecule has 0 aliphatic carbocycles. The normalized spacial score (nSPS) is 15.8. The molecule has 0 saturated carbocycles. The van der Waals surface area contributed by atoms with Gasteiger partial charge in [-0.15, -0.1) is 0 Å². The topological polar surface area (TPSA) is 86.7 Å². The van der Waals surface area contributed by atoms with Crippen molar-refractivity contribution in [3.05, 3.63) is 23.8 Å². The summed E-state index contributed by atoms with van der Waals surface area (Å²) in [5.41, 5.74) is 5.06. The Kier molecular flexibility index (Phi) is 3.30. The molecular formula is C9H10F3NO3. The van der Waals surface area contributed by atoms with Crippen LogP contribution in [-0.4, -0.2) is 27.6 Å². The molecule has 90 valence electrons. The predicted molar refractivity (Wildman–Crippen MR) is 48.8 cm³/mol. The Bertz CT molecular complexity index is 381. The van der Waals surface area contributed by atoms with Gasteiger partial charge in [-0.1, -0.05) is 6.07 Å². The standard InChI is InChI=1S/C9H10F3NO3/c10-9(11,12)8(16)7(13)4-1-2-5(14)6(15)3-4/h1-3,7-8,14-16H,13H2/t7-,8-/m1/s1. The van der Waals surface area contributed by atoms with Gasteiger partial charge >= 0.3 is 6.18 Å². The van der Waals surface area contributed by atoms with Crippen molar-refractivity contribution < 1.29 is 28.5 Å². The minimum absolute atomic E-state index is 0.125. The molecule has 0 heterocycles. The van der Waals surface area contributed by atoms with Crippen molar-refractivity contribution in [3.63, 3.8) is 0 Å². The number of aromatic hydroxyl groups is 2. The van der Waals surface area contributed by atoms with Gasteiger partial charge in [0.25, 0.3) is 0 Å². The van der Waals surface area contributed by atoms with Crippen LogP contribution in [0.5, 0.6) is 11.5 Å². The second-order valence-electron chi connectivity index (χ2n) is 3.26. The van der Waals surface area contributed by atoms with Crippen LogP contribution in [0.1, 0.15) is 11.6 Å². The van der Waals surface area contributed by atoms with Crippen molar-refractivity contribution >= 4 is 0 Å². The highest BCUT2D eigenvalue weighted by molar-refractivity contribution is 5.41. The summed E-state index contributed by atoms with van der Waals surface area (Å²) in [5, 5.41) is 26.9. The summed E-state index contributed by atoms with van der Waals surface area (Å²) in [7, 11) is 0. The molecule has 0 aliphatic rings. The van der Waals surface area contributed by atoms with Gasteiger partial charge in [-0.25, -0.2) is 0 Å². The summed E-state index contributed by atoms with van der Waals surface area (Å²) in [6, 6.07) is 1.24. The van der Waals surface area contributed by atoms with Gasteiger partial charge in [-0.2, -0.15) is 13.2 Å². The number of alkyl halides is 3. The Morgan fingerprint density at radius 3 is 2.12 bits per heavy atom. The van der Waals surface area contributed by atoms with Gasteiger partial charge in [-0.05, 0) is 17.7 Å². The van der Waals surface area contributed by atoms with E-state index in [4.69, 9.17) is 21.1 Å². The van der Waals surface area contributed by atoms with Crippen LogP contribution in [-0.2, 0) is 0 Å². The summed E-state index contributed by atoms with van der Waals surface area (Å²) >= 11 is 0. The maximum absolute atomic E-state index is 12.1. The zero-order valence-electron chi connectivity index (χ0n) is 7.94. The van der Waals surface area contributed by atoms with Crippen LogP contribution in [0.3, 0.4) is 0 Å². The van der Waals surface area contributed by atoms with E-state index >= 15 is 0 Å². The Balaban J connectivity index is 2.97. The largest absolute Gasteiger partial charge is 0.504 e. The van der Waals surface area contributed by atoms with Crippen LogP contribution in [0.4, 0.5) is 13.2 Å². The van der Waals surface area contributed by atoms with Crippen molar-refractivity contribution in [3.8, 4) is 11.5 Å². The Morgan fingerprint density at radius 1 is 1.12 bits per heavy atom. The monoisotopic (exact) mass is 237 g/mol. The van der Waals surface area contributed by atoms with E-state index < -0.39 is 29.8 Å². The van der Waals surface area contributed by atoms with Gasteiger partial charge in [-0.3, -0.25) is 0 Å². The fourth-order valence-corrected chi connectivity index (χ4v) is 1.13. The van der Waals surface area contributed by atoms with E-state index in [0.717, 1.165) is 18.2 Å². The third-order valence-electron chi connectivity index (χ3n) is 2.06.